The van der Waals surface area contributed by atoms with Crippen molar-refractivity contribution in [1.29, 1.82) is 0 Å². The molecule has 0 aliphatic carbocycles. The van der Waals surface area contributed by atoms with Crippen LogP contribution in [0.4, 0.5) is 4.39 Å². The van der Waals surface area contributed by atoms with Gasteiger partial charge >= 0.3 is 0 Å². The van der Waals surface area contributed by atoms with E-state index in [1.165, 1.54) is 12.1 Å². The van der Waals surface area contributed by atoms with E-state index < -0.39 is 0 Å². The van der Waals surface area contributed by atoms with E-state index >= 15 is 0 Å². The first-order chi connectivity index (χ1) is 10.0. The van der Waals surface area contributed by atoms with E-state index in [9.17, 15) is 9.18 Å². The lowest BCUT2D eigenvalue weighted by atomic mass is 9.99. The maximum absolute atomic E-state index is 12.9. The second kappa shape index (κ2) is 5.73. The summed E-state index contributed by atoms with van der Waals surface area (Å²) < 4.78 is 18.9. The maximum Gasteiger partial charge on any atom is 0.227 e. The minimum absolute atomic E-state index is 0.0147. The fraction of sp³-hybridized carbons (Fsp3) is 0.562. The van der Waals surface area contributed by atoms with Gasteiger partial charge in [0.1, 0.15) is 5.82 Å². The average molecular weight is 292 g/mol. The molecule has 114 valence electrons. The maximum atomic E-state index is 12.9. The number of ether oxygens (including phenoxy) is 1. The highest BCUT2D eigenvalue weighted by atomic mass is 19.1. The van der Waals surface area contributed by atoms with Crippen molar-refractivity contribution in [2.24, 2.45) is 5.92 Å². The molecule has 0 unspecified atom stereocenters. The van der Waals surface area contributed by atoms with E-state index in [0.29, 0.717) is 0 Å². The lowest BCUT2D eigenvalue weighted by molar-refractivity contribution is -0.136. The molecule has 5 heteroatoms. The van der Waals surface area contributed by atoms with Crippen molar-refractivity contribution in [3.05, 3.63) is 35.6 Å². The highest BCUT2D eigenvalue weighted by Gasteiger charge is 2.44. The van der Waals surface area contributed by atoms with Crippen LogP contribution in [0.25, 0.3) is 0 Å². The molecule has 0 aromatic heterocycles. The molecule has 3 rings (SSSR count). The molecule has 0 spiro atoms. The minimum atomic E-state index is -0.211. The number of amides is 1. The molecule has 2 aliphatic heterocycles. The highest BCUT2D eigenvalue weighted by molar-refractivity contribution is 5.79. The number of likely N-dealkylation sites (tertiary alicyclic amines) is 1. The van der Waals surface area contributed by atoms with E-state index in [0.717, 1.165) is 31.6 Å². The van der Waals surface area contributed by atoms with Crippen LogP contribution in [0.2, 0.25) is 0 Å². The van der Waals surface area contributed by atoms with Crippen molar-refractivity contribution in [3.63, 3.8) is 0 Å². The first kappa shape index (κ1) is 14.5. The van der Waals surface area contributed by atoms with Gasteiger partial charge in [-0.3, -0.25) is 9.69 Å². The van der Waals surface area contributed by atoms with Gasteiger partial charge in [0.25, 0.3) is 0 Å². The number of rotatable bonds is 3. The van der Waals surface area contributed by atoms with Crippen molar-refractivity contribution in [3.8, 4) is 0 Å². The third-order valence-electron chi connectivity index (χ3n) is 4.31. The van der Waals surface area contributed by atoms with E-state index in [1.54, 1.807) is 19.0 Å². The van der Waals surface area contributed by atoms with Crippen molar-refractivity contribution < 1.29 is 13.9 Å². The molecule has 0 radical (unpaired) electrons. The van der Waals surface area contributed by atoms with Gasteiger partial charge < -0.3 is 9.64 Å². The summed E-state index contributed by atoms with van der Waals surface area (Å²) in [6, 6.07) is 6.61. The van der Waals surface area contributed by atoms with Crippen LogP contribution < -0.4 is 0 Å². The fourth-order valence-electron chi connectivity index (χ4n) is 3.31. The summed E-state index contributed by atoms with van der Waals surface area (Å²) in [5, 5.41) is 0. The van der Waals surface area contributed by atoms with Crippen LogP contribution in [-0.2, 0) is 16.1 Å². The van der Waals surface area contributed by atoms with Gasteiger partial charge in [-0.2, -0.15) is 0 Å². The number of hydrogen-bond acceptors (Lipinski definition) is 3. The van der Waals surface area contributed by atoms with Crippen molar-refractivity contribution in [1.82, 2.24) is 9.80 Å². The molecular weight excluding hydrogens is 271 g/mol. The molecule has 1 aromatic rings. The predicted molar refractivity (Wildman–Crippen MR) is 77.1 cm³/mol. The molecule has 1 amide bonds. The summed E-state index contributed by atoms with van der Waals surface area (Å²) in [4.78, 5) is 16.1. The van der Waals surface area contributed by atoms with Gasteiger partial charge in [0.05, 0.1) is 18.1 Å². The zero-order valence-corrected chi connectivity index (χ0v) is 12.5. The third-order valence-corrected chi connectivity index (χ3v) is 4.31. The van der Waals surface area contributed by atoms with Crippen LogP contribution in [0, 0.1) is 11.7 Å². The Morgan fingerprint density at radius 3 is 2.71 bits per heavy atom. The topological polar surface area (TPSA) is 32.8 Å². The second-order valence-corrected chi connectivity index (χ2v) is 6.19. The molecule has 2 heterocycles. The van der Waals surface area contributed by atoms with Gasteiger partial charge in [-0.05, 0) is 24.1 Å². The summed E-state index contributed by atoms with van der Waals surface area (Å²) in [6.07, 6.45) is 0.930. The Kier molecular flexibility index (Phi) is 3.95. The quantitative estimate of drug-likeness (QED) is 0.846. The number of nitrogens with zero attached hydrogens (tertiary/aromatic N) is 2. The first-order valence-electron chi connectivity index (χ1n) is 7.36. The minimum Gasteiger partial charge on any atom is -0.371 e. The largest absolute Gasteiger partial charge is 0.371 e. The molecule has 4 nitrogen and oxygen atoms in total. The van der Waals surface area contributed by atoms with Crippen molar-refractivity contribution in [2.75, 3.05) is 27.2 Å². The Morgan fingerprint density at radius 1 is 1.33 bits per heavy atom. The van der Waals surface area contributed by atoms with Gasteiger partial charge in [0.15, 0.2) is 0 Å². The summed E-state index contributed by atoms with van der Waals surface area (Å²) >= 11 is 0. The van der Waals surface area contributed by atoms with Gasteiger partial charge in [-0.1, -0.05) is 12.1 Å². The van der Waals surface area contributed by atoms with E-state index in [1.807, 2.05) is 12.1 Å². The molecule has 2 saturated heterocycles. The number of benzene rings is 1. The normalized spacial score (nSPS) is 28.6. The molecule has 2 aliphatic rings. The SMILES string of the molecule is CN(C)C(=O)[C@H]1C[C@@H]2CN(Cc3ccc(F)cc3)C[C@H]1O2. The highest BCUT2D eigenvalue weighted by Crippen LogP contribution is 2.33. The Bertz CT molecular complexity index is 518. The number of morpholine rings is 1. The molecule has 21 heavy (non-hydrogen) atoms. The fourth-order valence-corrected chi connectivity index (χ4v) is 3.31. The van der Waals surface area contributed by atoms with Gasteiger partial charge in [0.2, 0.25) is 5.91 Å². The zero-order chi connectivity index (χ0) is 15.0. The number of carbonyl (C=O) groups excluding carboxylic acids is 1. The number of hydrogen-bond donors (Lipinski definition) is 0. The first-order valence-corrected chi connectivity index (χ1v) is 7.36. The Balaban J connectivity index is 1.64. The summed E-state index contributed by atoms with van der Waals surface area (Å²) in [5.41, 5.74) is 1.09. The summed E-state index contributed by atoms with van der Waals surface area (Å²) in [7, 11) is 3.59. The van der Waals surface area contributed by atoms with Crippen LogP contribution in [0.1, 0.15) is 12.0 Å². The number of halogens is 1. The van der Waals surface area contributed by atoms with Crippen molar-refractivity contribution in [2.45, 2.75) is 25.2 Å². The molecule has 1 aromatic carbocycles. The third kappa shape index (κ3) is 3.09. The molecule has 2 bridgehead atoms. The van der Waals surface area contributed by atoms with Crippen LogP contribution >= 0.6 is 0 Å². The average Bonchev–Trinajstić information content (AvgIpc) is 2.75. The van der Waals surface area contributed by atoms with Gasteiger partial charge in [-0.25, -0.2) is 4.39 Å². The monoisotopic (exact) mass is 292 g/mol. The van der Waals surface area contributed by atoms with Crippen molar-refractivity contribution >= 4 is 5.91 Å². The van der Waals surface area contributed by atoms with Crippen LogP contribution in [0.5, 0.6) is 0 Å². The second-order valence-electron chi connectivity index (χ2n) is 6.19. The Morgan fingerprint density at radius 2 is 2.05 bits per heavy atom. The number of carbonyl (C=O) groups is 1. The molecule has 3 atom stereocenters. The van der Waals surface area contributed by atoms with Gasteiger partial charge in [0, 0.05) is 33.7 Å². The molecule has 0 saturated carbocycles. The Hall–Kier alpha value is -1.46. The molecule has 2 fully saturated rings. The van der Waals surface area contributed by atoms with E-state index in [2.05, 4.69) is 4.90 Å². The lowest BCUT2D eigenvalue weighted by Crippen LogP contribution is -2.44. The molecule has 0 N–H and O–H groups in total. The lowest BCUT2D eigenvalue weighted by Gasteiger charge is -2.33. The van der Waals surface area contributed by atoms with Gasteiger partial charge in [-0.15, -0.1) is 0 Å². The van der Waals surface area contributed by atoms with Crippen LogP contribution in [0.3, 0.4) is 0 Å². The predicted octanol–water partition coefficient (Wildman–Crippen LogP) is 1.50. The van der Waals surface area contributed by atoms with Crippen LogP contribution in [0.15, 0.2) is 24.3 Å². The standard InChI is InChI=1S/C16H21FN2O2/c1-18(2)16(20)14-7-13-9-19(10-15(14)21-13)8-11-3-5-12(17)6-4-11/h3-6,13-15H,7-10H2,1-2H3/t13-,14+,15-/m1/s1. The van der Waals surface area contributed by atoms with E-state index in [-0.39, 0.29) is 29.9 Å². The van der Waals surface area contributed by atoms with Crippen LogP contribution in [-0.4, -0.2) is 55.1 Å². The van der Waals surface area contributed by atoms with E-state index in [4.69, 9.17) is 4.74 Å². The zero-order valence-electron chi connectivity index (χ0n) is 12.5. The number of fused-ring (bicyclic) bond motifs is 2. The smallest absolute Gasteiger partial charge is 0.227 e. The summed E-state index contributed by atoms with van der Waals surface area (Å²) in [5.74, 6) is -0.0770. The Labute approximate surface area is 124 Å². The molecular formula is C16H21FN2O2. The summed E-state index contributed by atoms with van der Waals surface area (Å²) in [6.45, 7) is 2.38.